The lowest BCUT2D eigenvalue weighted by Gasteiger charge is -2.05. The predicted molar refractivity (Wildman–Crippen MR) is 155 cm³/mol. The van der Waals surface area contributed by atoms with Crippen molar-refractivity contribution in [2.45, 2.75) is 123 Å². The highest BCUT2D eigenvalue weighted by Gasteiger charge is 2.10. The van der Waals surface area contributed by atoms with Gasteiger partial charge in [0.1, 0.15) is 5.75 Å². The van der Waals surface area contributed by atoms with Gasteiger partial charge in [0.15, 0.2) is 0 Å². The average Bonchev–Trinajstić information content (AvgIpc) is 3.18. The van der Waals surface area contributed by atoms with Gasteiger partial charge in [0.2, 0.25) is 5.62 Å². The molecule has 7 nitrogen and oxygen atoms in total. The highest BCUT2D eigenvalue weighted by atomic mass is 16.5. The van der Waals surface area contributed by atoms with Crippen molar-refractivity contribution in [2.75, 3.05) is 13.7 Å². The molecule has 2 amide bonds. The molecule has 37 heavy (non-hydrogen) atoms. The molecule has 2 aromatic rings. The van der Waals surface area contributed by atoms with Gasteiger partial charge in [0, 0.05) is 26.2 Å². The van der Waals surface area contributed by atoms with Crippen LogP contribution < -0.4 is 21.1 Å². The number of amides is 2. The van der Waals surface area contributed by atoms with Crippen LogP contribution in [-0.2, 0) is 13.6 Å². The van der Waals surface area contributed by atoms with Gasteiger partial charge >= 0.3 is 6.03 Å². The fourth-order valence-corrected chi connectivity index (χ4v) is 4.99. The Morgan fingerprint density at radius 2 is 1.35 bits per heavy atom. The first-order valence-corrected chi connectivity index (χ1v) is 14.9. The average molecular weight is 516 g/mol. The Labute approximate surface area is 225 Å². The van der Waals surface area contributed by atoms with E-state index in [4.69, 9.17) is 4.74 Å². The van der Waals surface area contributed by atoms with Gasteiger partial charge in [-0.1, -0.05) is 103 Å². The minimum atomic E-state index is -0.258. The summed E-state index contributed by atoms with van der Waals surface area (Å²) in [5.74, 6) is 0.802. The van der Waals surface area contributed by atoms with Crippen molar-refractivity contribution in [3.05, 3.63) is 23.8 Å². The molecule has 0 saturated heterocycles. The van der Waals surface area contributed by atoms with Crippen molar-refractivity contribution in [2.24, 2.45) is 12.1 Å². The molecule has 0 aliphatic rings. The molecular formula is C30H53N5O2. The summed E-state index contributed by atoms with van der Waals surface area (Å²) >= 11 is 0. The third-order valence-corrected chi connectivity index (χ3v) is 7.27. The maximum absolute atomic E-state index is 12.2. The zero-order valence-corrected chi connectivity index (χ0v) is 24.1. The number of methoxy groups -OCH3 is 1. The number of aromatic nitrogens is 2. The summed E-state index contributed by atoms with van der Waals surface area (Å²) in [4.78, 5) is 12.2. The molecule has 0 bridgehead atoms. The SMILES string of the molecule is CCCCCCCCCCCCCCCCCCNC(=O)NN=c1n(C)c2ccc(OC)cc2n1CC. The molecule has 2 N–H and O–H groups in total. The molecule has 0 atom stereocenters. The number of ether oxygens (including phenoxy) is 1. The minimum absolute atomic E-state index is 0.258. The van der Waals surface area contributed by atoms with E-state index in [9.17, 15) is 4.79 Å². The third kappa shape index (κ3) is 11.2. The van der Waals surface area contributed by atoms with Crippen LogP contribution in [0.2, 0.25) is 0 Å². The molecule has 0 radical (unpaired) electrons. The molecule has 0 aliphatic heterocycles. The van der Waals surface area contributed by atoms with E-state index < -0.39 is 0 Å². The van der Waals surface area contributed by atoms with Gasteiger partial charge in [0.25, 0.3) is 0 Å². The number of nitrogens with zero attached hydrogens (tertiary/aromatic N) is 3. The summed E-state index contributed by atoms with van der Waals surface area (Å²) in [6.07, 6.45) is 21.6. The fourth-order valence-electron chi connectivity index (χ4n) is 4.99. The first-order chi connectivity index (χ1) is 18.1. The van der Waals surface area contributed by atoms with Crippen molar-refractivity contribution in [1.29, 1.82) is 0 Å². The van der Waals surface area contributed by atoms with Crippen molar-refractivity contribution < 1.29 is 9.53 Å². The summed E-state index contributed by atoms with van der Waals surface area (Å²) in [6.45, 7) is 5.77. The molecule has 0 aliphatic carbocycles. The standard InChI is InChI=1S/C30H53N5O2/c1-5-7-8-9-10-11-12-13-14-15-16-17-18-19-20-21-24-31-29(36)32-33-30-34(3)27-23-22-26(37-4)25-28(27)35(30)6-2/h22-23,25H,5-21,24H2,1-4H3,(H2,31,32,36). The van der Waals surface area contributed by atoms with Crippen molar-refractivity contribution in [3.63, 3.8) is 0 Å². The zero-order chi connectivity index (χ0) is 26.7. The van der Waals surface area contributed by atoms with Gasteiger partial charge in [-0.3, -0.25) is 0 Å². The lowest BCUT2D eigenvalue weighted by Crippen LogP contribution is -2.36. The highest BCUT2D eigenvalue weighted by molar-refractivity contribution is 5.78. The van der Waals surface area contributed by atoms with Crippen LogP contribution in [0.4, 0.5) is 4.79 Å². The monoisotopic (exact) mass is 515 g/mol. The van der Waals surface area contributed by atoms with E-state index in [0.29, 0.717) is 12.2 Å². The van der Waals surface area contributed by atoms with Gasteiger partial charge in [-0.15, -0.1) is 5.10 Å². The van der Waals surface area contributed by atoms with Crippen LogP contribution in [0.25, 0.3) is 11.0 Å². The van der Waals surface area contributed by atoms with E-state index in [2.05, 4.69) is 34.3 Å². The Hall–Kier alpha value is -2.44. The van der Waals surface area contributed by atoms with Crippen LogP contribution in [0.5, 0.6) is 5.75 Å². The fraction of sp³-hybridized carbons (Fsp3) is 0.733. The molecular weight excluding hydrogens is 462 g/mol. The predicted octanol–water partition coefficient (Wildman–Crippen LogP) is 7.38. The van der Waals surface area contributed by atoms with Crippen LogP contribution >= 0.6 is 0 Å². The van der Waals surface area contributed by atoms with Gasteiger partial charge in [0.05, 0.1) is 18.1 Å². The smallest absolute Gasteiger partial charge is 0.335 e. The Kier molecular flexibility index (Phi) is 15.6. The number of urea groups is 1. The van der Waals surface area contributed by atoms with Gasteiger partial charge in [-0.05, 0) is 25.5 Å². The molecule has 0 spiro atoms. The Bertz CT molecular complexity index is 963. The van der Waals surface area contributed by atoms with Crippen LogP contribution in [0.1, 0.15) is 117 Å². The van der Waals surface area contributed by atoms with Crippen LogP contribution in [-0.4, -0.2) is 28.8 Å². The van der Waals surface area contributed by atoms with Gasteiger partial charge in [-0.25, -0.2) is 10.2 Å². The quantitative estimate of drug-likeness (QED) is 0.143. The molecule has 1 heterocycles. The summed E-state index contributed by atoms with van der Waals surface area (Å²) in [5, 5.41) is 7.32. The van der Waals surface area contributed by atoms with Gasteiger partial charge in [-0.2, -0.15) is 0 Å². The summed E-state index contributed by atoms with van der Waals surface area (Å²) in [5.41, 5.74) is 5.42. The van der Waals surface area contributed by atoms with E-state index >= 15 is 0 Å². The maximum Gasteiger partial charge on any atom is 0.335 e. The molecule has 0 fully saturated rings. The number of benzene rings is 1. The molecule has 1 aromatic carbocycles. The number of nitrogens with one attached hydrogen (secondary N) is 2. The van der Waals surface area contributed by atoms with E-state index in [1.807, 2.05) is 29.8 Å². The third-order valence-electron chi connectivity index (χ3n) is 7.27. The summed E-state index contributed by atoms with van der Waals surface area (Å²) < 4.78 is 9.40. The number of aryl methyl sites for hydroxylation is 2. The number of hydrogen-bond acceptors (Lipinski definition) is 3. The highest BCUT2D eigenvalue weighted by Crippen LogP contribution is 2.19. The zero-order valence-electron chi connectivity index (χ0n) is 24.1. The van der Waals surface area contributed by atoms with Crippen molar-refractivity contribution in [3.8, 4) is 5.75 Å². The van der Waals surface area contributed by atoms with E-state index in [1.54, 1.807) is 7.11 Å². The van der Waals surface area contributed by atoms with E-state index in [0.717, 1.165) is 36.2 Å². The lowest BCUT2D eigenvalue weighted by molar-refractivity contribution is 0.240. The summed E-state index contributed by atoms with van der Waals surface area (Å²) in [7, 11) is 3.62. The van der Waals surface area contributed by atoms with Crippen molar-refractivity contribution >= 4 is 17.1 Å². The number of fused-ring (bicyclic) bond motifs is 1. The number of unbranched alkanes of at least 4 members (excludes halogenated alkanes) is 15. The van der Waals surface area contributed by atoms with E-state index in [1.165, 1.54) is 89.9 Å². The molecule has 0 saturated carbocycles. The molecule has 2 rings (SSSR count). The molecule has 0 unspecified atom stereocenters. The normalized spacial score (nSPS) is 11.8. The first-order valence-electron chi connectivity index (χ1n) is 14.9. The number of carbonyl (C=O) groups excluding carboxylic acids is 1. The minimum Gasteiger partial charge on any atom is -0.497 e. The Balaban J connectivity index is 1.52. The lowest BCUT2D eigenvalue weighted by atomic mass is 10.0. The second-order valence-electron chi connectivity index (χ2n) is 10.2. The second-order valence-corrected chi connectivity index (χ2v) is 10.2. The first kappa shape index (κ1) is 30.8. The Morgan fingerprint density at radius 3 is 1.86 bits per heavy atom. The topological polar surface area (TPSA) is 72.6 Å². The Morgan fingerprint density at radius 1 is 0.811 bits per heavy atom. The van der Waals surface area contributed by atoms with Crippen LogP contribution in [0, 0.1) is 0 Å². The maximum atomic E-state index is 12.2. The number of carbonyl (C=O) groups is 1. The largest absolute Gasteiger partial charge is 0.497 e. The summed E-state index contributed by atoms with van der Waals surface area (Å²) in [6, 6.07) is 5.68. The number of hydrogen-bond donors (Lipinski definition) is 2. The molecule has 7 heteroatoms. The number of rotatable bonds is 20. The van der Waals surface area contributed by atoms with Crippen molar-refractivity contribution in [1.82, 2.24) is 19.9 Å². The molecule has 210 valence electrons. The second kappa shape index (κ2) is 18.8. The molecule has 1 aromatic heterocycles. The number of imidazole rings is 1. The van der Waals surface area contributed by atoms with Gasteiger partial charge < -0.3 is 19.2 Å². The van der Waals surface area contributed by atoms with Crippen LogP contribution in [0.15, 0.2) is 23.3 Å². The van der Waals surface area contributed by atoms with Crippen LogP contribution in [0.3, 0.4) is 0 Å². The van der Waals surface area contributed by atoms with E-state index in [-0.39, 0.29) is 6.03 Å².